The third-order valence-corrected chi connectivity index (χ3v) is 7.17. The first-order valence-electron chi connectivity index (χ1n) is 12.7. The highest BCUT2D eigenvalue weighted by Crippen LogP contribution is 2.34. The first kappa shape index (κ1) is 22.2. The molecule has 0 bridgehead atoms. The van der Waals surface area contributed by atoms with Gasteiger partial charge >= 0.3 is 0 Å². The van der Waals surface area contributed by atoms with Crippen molar-refractivity contribution in [3.63, 3.8) is 0 Å². The Labute approximate surface area is 197 Å². The van der Waals surface area contributed by atoms with Gasteiger partial charge in [0.2, 0.25) is 0 Å². The fraction of sp³-hybridized carbons (Fsp3) is 0.556. The molecule has 0 unspecified atom stereocenters. The van der Waals surface area contributed by atoms with Crippen LogP contribution in [-0.2, 0) is 6.54 Å². The molecule has 2 aromatic heterocycles. The van der Waals surface area contributed by atoms with Gasteiger partial charge in [-0.05, 0) is 83.3 Å². The number of likely N-dealkylation sites (tertiary alicyclic amines) is 1. The molecule has 1 aromatic carbocycles. The summed E-state index contributed by atoms with van der Waals surface area (Å²) < 4.78 is 7.88. The van der Waals surface area contributed by atoms with Crippen molar-refractivity contribution in [3.8, 4) is 5.75 Å². The number of benzene rings is 1. The van der Waals surface area contributed by atoms with E-state index in [1.165, 1.54) is 29.6 Å². The Morgan fingerprint density at radius 2 is 1.76 bits per heavy atom. The van der Waals surface area contributed by atoms with Crippen LogP contribution in [0.2, 0.25) is 0 Å². The lowest BCUT2D eigenvalue weighted by Crippen LogP contribution is -2.33. The summed E-state index contributed by atoms with van der Waals surface area (Å²) in [6.07, 6.45) is 6.82. The number of nitrogens with zero attached hydrogens (tertiary/aromatic N) is 5. The van der Waals surface area contributed by atoms with Gasteiger partial charge in [0, 0.05) is 37.3 Å². The second-order valence-corrected chi connectivity index (χ2v) is 9.81. The molecule has 176 valence electrons. The number of pyridine rings is 1. The zero-order valence-corrected chi connectivity index (χ0v) is 20.3. The number of rotatable bonds is 7. The molecule has 5 rings (SSSR count). The van der Waals surface area contributed by atoms with Gasteiger partial charge < -0.3 is 14.2 Å². The molecule has 0 amide bonds. The van der Waals surface area contributed by atoms with E-state index in [0.717, 1.165) is 62.6 Å². The minimum absolute atomic E-state index is 0.396. The molecule has 6 heteroatoms. The predicted octanol–water partition coefficient (Wildman–Crippen LogP) is 5.39. The van der Waals surface area contributed by atoms with Crippen LogP contribution in [0.15, 0.2) is 36.7 Å². The number of anilines is 1. The number of fused-ring (bicyclic) bond motifs is 1. The largest absolute Gasteiger partial charge is 0.494 e. The molecule has 3 aromatic rings. The molecule has 2 aliphatic rings. The molecule has 0 atom stereocenters. The van der Waals surface area contributed by atoms with Crippen LogP contribution < -0.4 is 9.64 Å². The summed E-state index contributed by atoms with van der Waals surface area (Å²) in [5, 5.41) is 0. The Balaban J connectivity index is 1.32. The molecule has 0 spiro atoms. The molecule has 2 saturated heterocycles. The van der Waals surface area contributed by atoms with Crippen molar-refractivity contribution in [2.24, 2.45) is 0 Å². The smallest absolute Gasteiger partial charge is 0.157 e. The molecule has 0 radical (unpaired) electrons. The van der Waals surface area contributed by atoms with Crippen molar-refractivity contribution in [1.82, 2.24) is 19.4 Å². The van der Waals surface area contributed by atoms with Crippen LogP contribution in [0.5, 0.6) is 5.75 Å². The van der Waals surface area contributed by atoms with E-state index in [1.807, 2.05) is 13.3 Å². The molecule has 6 nitrogen and oxygen atoms in total. The maximum atomic E-state index is 5.58. The van der Waals surface area contributed by atoms with Crippen molar-refractivity contribution >= 4 is 16.9 Å². The van der Waals surface area contributed by atoms with E-state index in [-0.39, 0.29) is 0 Å². The van der Waals surface area contributed by atoms with Gasteiger partial charge in [0.05, 0.1) is 18.5 Å². The van der Waals surface area contributed by atoms with Crippen molar-refractivity contribution in [2.75, 3.05) is 37.7 Å². The minimum atomic E-state index is 0.396. The van der Waals surface area contributed by atoms with E-state index in [4.69, 9.17) is 14.7 Å². The summed E-state index contributed by atoms with van der Waals surface area (Å²) in [5.74, 6) is 2.58. The molecule has 2 aliphatic heterocycles. The summed E-state index contributed by atoms with van der Waals surface area (Å²) in [5.41, 5.74) is 4.93. The van der Waals surface area contributed by atoms with Gasteiger partial charge in [-0.15, -0.1) is 0 Å². The average molecular weight is 448 g/mol. The first-order chi connectivity index (χ1) is 16.1. The van der Waals surface area contributed by atoms with Gasteiger partial charge in [0.25, 0.3) is 0 Å². The lowest BCUT2D eigenvalue weighted by atomic mass is 9.92. The zero-order valence-electron chi connectivity index (χ0n) is 20.3. The maximum Gasteiger partial charge on any atom is 0.157 e. The van der Waals surface area contributed by atoms with Gasteiger partial charge in [0.1, 0.15) is 11.3 Å². The van der Waals surface area contributed by atoms with Crippen molar-refractivity contribution < 1.29 is 4.74 Å². The summed E-state index contributed by atoms with van der Waals surface area (Å²) in [4.78, 5) is 15.0. The van der Waals surface area contributed by atoms with Crippen LogP contribution in [0.3, 0.4) is 0 Å². The zero-order chi connectivity index (χ0) is 22.8. The average Bonchev–Trinajstić information content (AvgIpc) is 3.51. The second kappa shape index (κ2) is 9.72. The van der Waals surface area contributed by atoms with Gasteiger partial charge in [-0.3, -0.25) is 4.90 Å². The summed E-state index contributed by atoms with van der Waals surface area (Å²) >= 11 is 0. The number of hydrogen-bond donors (Lipinski definition) is 0. The Hall–Kier alpha value is -2.60. The quantitative estimate of drug-likeness (QED) is 0.486. The Morgan fingerprint density at radius 3 is 2.42 bits per heavy atom. The Bertz CT molecular complexity index is 1060. The van der Waals surface area contributed by atoms with Crippen LogP contribution in [0.4, 0.5) is 5.82 Å². The third-order valence-electron chi connectivity index (χ3n) is 7.17. The van der Waals surface area contributed by atoms with E-state index in [2.05, 4.69) is 58.5 Å². The van der Waals surface area contributed by atoms with E-state index in [1.54, 1.807) is 0 Å². The fourth-order valence-corrected chi connectivity index (χ4v) is 5.31. The Morgan fingerprint density at radius 1 is 1.03 bits per heavy atom. The first-order valence-corrected chi connectivity index (χ1v) is 12.7. The molecule has 0 N–H and O–H groups in total. The van der Waals surface area contributed by atoms with E-state index >= 15 is 0 Å². The maximum absolute atomic E-state index is 5.58. The number of ether oxygens (including phenoxy) is 1. The molecular formula is C27H37N5O. The number of imidazole rings is 1. The number of piperidine rings is 1. The van der Waals surface area contributed by atoms with E-state index in [9.17, 15) is 0 Å². The summed E-state index contributed by atoms with van der Waals surface area (Å²) in [6, 6.07) is 11.3. The van der Waals surface area contributed by atoms with Crippen molar-refractivity contribution in [2.45, 2.75) is 65.0 Å². The summed E-state index contributed by atoms with van der Waals surface area (Å²) in [7, 11) is 0. The molecule has 4 heterocycles. The lowest BCUT2D eigenvalue weighted by Gasteiger charge is -2.32. The van der Waals surface area contributed by atoms with Crippen LogP contribution in [0.1, 0.15) is 69.7 Å². The summed E-state index contributed by atoms with van der Waals surface area (Å²) in [6.45, 7) is 12.6. The molecular weight excluding hydrogens is 410 g/mol. The minimum Gasteiger partial charge on any atom is -0.494 e. The normalized spacial score (nSPS) is 18.0. The van der Waals surface area contributed by atoms with E-state index < -0.39 is 0 Å². The highest BCUT2D eigenvalue weighted by molar-refractivity contribution is 5.87. The van der Waals surface area contributed by atoms with Crippen molar-refractivity contribution in [3.05, 3.63) is 47.9 Å². The van der Waals surface area contributed by atoms with Gasteiger partial charge in [-0.2, -0.15) is 0 Å². The second-order valence-electron chi connectivity index (χ2n) is 9.81. The standard InChI is InChI=1S/C27H37N5O/c1-4-33-23-9-7-21(8-10-23)18-30-15-11-22(12-16-30)24-17-25-26(28-19-32(25)20(2)3)27(29-24)31-13-5-6-14-31/h7-10,17,19-20,22H,4-6,11-16,18H2,1-3H3. The SMILES string of the molecule is CCOc1ccc(CN2CCC(c3cc4c(ncn4C(C)C)c(N4CCCC4)n3)CC2)cc1. The van der Waals surface area contributed by atoms with Crippen LogP contribution in [-0.4, -0.2) is 52.2 Å². The van der Waals surface area contributed by atoms with Gasteiger partial charge in [-0.1, -0.05) is 12.1 Å². The van der Waals surface area contributed by atoms with Crippen LogP contribution in [0, 0.1) is 0 Å². The van der Waals surface area contributed by atoms with Crippen molar-refractivity contribution in [1.29, 1.82) is 0 Å². The highest BCUT2D eigenvalue weighted by atomic mass is 16.5. The van der Waals surface area contributed by atoms with Gasteiger partial charge in [-0.25, -0.2) is 9.97 Å². The Kier molecular flexibility index (Phi) is 6.54. The predicted molar refractivity (Wildman–Crippen MR) is 134 cm³/mol. The lowest BCUT2D eigenvalue weighted by molar-refractivity contribution is 0.203. The van der Waals surface area contributed by atoms with Gasteiger partial charge in [0.15, 0.2) is 5.82 Å². The monoisotopic (exact) mass is 447 g/mol. The highest BCUT2D eigenvalue weighted by Gasteiger charge is 2.26. The fourth-order valence-electron chi connectivity index (χ4n) is 5.31. The number of hydrogen-bond acceptors (Lipinski definition) is 5. The van der Waals surface area contributed by atoms with E-state index in [0.29, 0.717) is 18.6 Å². The molecule has 0 aliphatic carbocycles. The van der Waals surface area contributed by atoms with Crippen LogP contribution in [0.25, 0.3) is 11.0 Å². The number of aromatic nitrogens is 3. The molecule has 33 heavy (non-hydrogen) atoms. The third kappa shape index (κ3) is 4.72. The van der Waals surface area contributed by atoms with Crippen LogP contribution >= 0.6 is 0 Å². The molecule has 0 saturated carbocycles. The molecule has 2 fully saturated rings. The topological polar surface area (TPSA) is 46.4 Å².